The number of methoxy groups -OCH3 is 1. The smallest absolute Gasteiger partial charge is 0.217 e. The first kappa shape index (κ1) is 29.4. The summed E-state index contributed by atoms with van der Waals surface area (Å²) in [7, 11) is -1.95. The van der Waals surface area contributed by atoms with Crippen molar-refractivity contribution in [2.45, 2.75) is 66.0 Å². The van der Waals surface area contributed by atoms with Gasteiger partial charge in [-0.2, -0.15) is 10.2 Å². The number of rotatable bonds is 15. The molecule has 3 rings (SSSR count). The molecule has 208 valence electrons. The van der Waals surface area contributed by atoms with Crippen LogP contribution in [0.5, 0.6) is 5.75 Å². The van der Waals surface area contributed by atoms with Gasteiger partial charge in [0, 0.05) is 42.3 Å². The van der Waals surface area contributed by atoms with E-state index in [0.29, 0.717) is 18.0 Å². The lowest BCUT2D eigenvalue weighted by molar-refractivity contribution is 0.216. The van der Waals surface area contributed by atoms with E-state index < -0.39 is 10.0 Å². The zero-order valence-corrected chi connectivity index (χ0v) is 24.1. The van der Waals surface area contributed by atoms with Gasteiger partial charge >= 0.3 is 0 Å². The molecule has 0 saturated carbocycles. The van der Waals surface area contributed by atoms with E-state index in [9.17, 15) is 8.42 Å². The Kier molecular flexibility index (Phi) is 10.5. The Hall–Kier alpha value is -3.18. The van der Waals surface area contributed by atoms with Gasteiger partial charge in [0.2, 0.25) is 10.0 Å². The molecule has 0 bridgehead atoms. The van der Waals surface area contributed by atoms with E-state index in [2.05, 4.69) is 39.1 Å². The van der Waals surface area contributed by atoms with Crippen molar-refractivity contribution in [3.05, 3.63) is 42.9 Å². The Bertz CT molecular complexity index is 1320. The van der Waals surface area contributed by atoms with Crippen LogP contribution in [0, 0.1) is 0 Å². The molecule has 2 N–H and O–H groups in total. The number of hydrogen-bond acceptors (Lipinski definition) is 8. The third-order valence-corrected chi connectivity index (χ3v) is 7.84. The lowest BCUT2D eigenvalue weighted by Crippen LogP contribution is -2.40. The number of hydrogen-bond donors (Lipinski definition) is 2. The third-order valence-electron chi connectivity index (χ3n) is 6.28. The molecule has 0 aliphatic rings. The Morgan fingerprint density at radius 3 is 2.71 bits per heavy atom. The summed E-state index contributed by atoms with van der Waals surface area (Å²) < 4.78 is 35.5. The fourth-order valence-corrected chi connectivity index (χ4v) is 5.74. The second kappa shape index (κ2) is 13.6. The average molecular weight is 544 g/mol. The van der Waals surface area contributed by atoms with Crippen molar-refractivity contribution in [3.63, 3.8) is 0 Å². The van der Waals surface area contributed by atoms with Crippen LogP contribution in [0.3, 0.4) is 0 Å². The zero-order valence-electron chi connectivity index (χ0n) is 23.3. The van der Waals surface area contributed by atoms with Gasteiger partial charge in [-0.15, -0.1) is 0 Å². The normalized spacial score (nSPS) is 13.9. The predicted molar refractivity (Wildman–Crippen MR) is 155 cm³/mol. The Morgan fingerprint density at radius 1 is 1.21 bits per heavy atom. The molecule has 2 heterocycles. The van der Waals surface area contributed by atoms with Crippen LogP contribution in [0.25, 0.3) is 16.6 Å². The van der Waals surface area contributed by atoms with Gasteiger partial charge in [0.15, 0.2) is 0 Å². The first-order valence-electron chi connectivity index (χ1n) is 13.2. The number of hydrazone groups is 1. The first-order valence-corrected chi connectivity index (χ1v) is 14.8. The van der Waals surface area contributed by atoms with Gasteiger partial charge in [-0.05, 0) is 46.2 Å². The van der Waals surface area contributed by atoms with Gasteiger partial charge in [-0.1, -0.05) is 25.8 Å². The molecule has 0 aliphatic heterocycles. The Morgan fingerprint density at radius 2 is 2.00 bits per heavy atom. The van der Waals surface area contributed by atoms with E-state index in [1.165, 1.54) is 0 Å². The molecule has 0 fully saturated rings. The van der Waals surface area contributed by atoms with Crippen LogP contribution >= 0.6 is 0 Å². The number of nitrogens with zero attached hydrogens (tertiary/aromatic N) is 5. The van der Waals surface area contributed by atoms with Crippen molar-refractivity contribution in [2.75, 3.05) is 31.3 Å². The summed E-state index contributed by atoms with van der Waals surface area (Å²) in [4.78, 5) is 4.22. The highest BCUT2D eigenvalue weighted by atomic mass is 32.2. The zero-order chi connectivity index (χ0) is 27.7. The van der Waals surface area contributed by atoms with E-state index in [4.69, 9.17) is 4.74 Å². The van der Waals surface area contributed by atoms with Crippen molar-refractivity contribution in [2.24, 2.45) is 5.10 Å². The summed E-state index contributed by atoms with van der Waals surface area (Å²) in [6, 6.07) is 7.69. The second-order valence-corrected chi connectivity index (χ2v) is 11.4. The molecule has 2 aromatic heterocycles. The van der Waals surface area contributed by atoms with Crippen LogP contribution < -0.4 is 14.8 Å². The number of aromatic nitrogens is 3. The molecular formula is C27H41N7O3S. The minimum atomic E-state index is -3.54. The average Bonchev–Trinajstić information content (AvgIpc) is 3.33. The molecule has 0 spiro atoms. The minimum Gasteiger partial charge on any atom is -0.495 e. The summed E-state index contributed by atoms with van der Waals surface area (Å²) >= 11 is 0. The molecule has 1 aromatic carbocycles. The topological polar surface area (TPSA) is 114 Å². The number of benzene rings is 1. The van der Waals surface area contributed by atoms with E-state index in [1.807, 2.05) is 43.1 Å². The lowest BCUT2D eigenvalue weighted by atomic mass is 10.1. The maximum absolute atomic E-state index is 12.8. The number of ether oxygens (including phenoxy) is 1. The van der Waals surface area contributed by atoms with Crippen molar-refractivity contribution in [3.8, 4) is 11.4 Å². The van der Waals surface area contributed by atoms with Crippen LogP contribution in [-0.2, 0) is 10.0 Å². The molecule has 0 aliphatic carbocycles. The summed E-state index contributed by atoms with van der Waals surface area (Å²) in [6.45, 7) is 11.1. The molecule has 2 atom stereocenters. The first-order chi connectivity index (χ1) is 18.2. The number of unbranched alkanes of at least 4 members (excludes halogenated alkanes) is 1. The number of sulfonamides is 1. The van der Waals surface area contributed by atoms with Crippen molar-refractivity contribution in [1.82, 2.24) is 24.5 Å². The van der Waals surface area contributed by atoms with Gasteiger partial charge in [-0.25, -0.2) is 17.8 Å². The van der Waals surface area contributed by atoms with Crippen LogP contribution in [0.4, 0.5) is 5.69 Å². The molecule has 0 radical (unpaired) electrons. The second-order valence-electron chi connectivity index (χ2n) is 9.62. The molecule has 2 unspecified atom stereocenters. The summed E-state index contributed by atoms with van der Waals surface area (Å²) in [5.74, 6) is 0.515. The minimum absolute atomic E-state index is 0.134. The standard InChI is InChI=1S/C27H41N7O3S/c1-7-9-11-22(5)33(8-2)31-21(4)19-38(35,36)32-20(3)15-29-26-12-10-13-27-25(26)18-30-34(27)23-14-24(37-6)17-28-16-23/h10,12-14,16-18,20,22,29,32H,7-9,11,15,19H2,1-6H3/b31-21-. The monoisotopic (exact) mass is 543 g/mol. The van der Waals surface area contributed by atoms with E-state index >= 15 is 0 Å². The number of nitrogens with one attached hydrogen (secondary N) is 2. The van der Waals surface area contributed by atoms with Crippen molar-refractivity contribution < 1.29 is 13.2 Å². The SMILES string of the molecule is CCCCC(C)N(CC)/N=C(/C)CS(=O)(=O)NC(C)CNc1cccc2c1cnn2-c1cncc(OC)c1. The summed E-state index contributed by atoms with van der Waals surface area (Å²) in [5.41, 5.74) is 3.13. The van der Waals surface area contributed by atoms with Crippen LogP contribution in [0.1, 0.15) is 53.9 Å². The van der Waals surface area contributed by atoms with Gasteiger partial charge in [0.1, 0.15) is 11.5 Å². The maximum Gasteiger partial charge on any atom is 0.217 e. The van der Waals surface area contributed by atoms with Gasteiger partial charge in [0.05, 0.1) is 42.6 Å². The highest BCUT2D eigenvalue weighted by Gasteiger charge is 2.18. The Balaban J connectivity index is 1.63. The number of anilines is 1. The van der Waals surface area contributed by atoms with E-state index in [1.54, 1.807) is 37.3 Å². The number of pyridine rings is 1. The fraction of sp³-hybridized carbons (Fsp3) is 0.519. The summed E-state index contributed by atoms with van der Waals surface area (Å²) in [6.07, 6.45) is 8.45. The van der Waals surface area contributed by atoms with Gasteiger partial charge < -0.3 is 10.1 Å². The Labute approximate surface area is 226 Å². The van der Waals surface area contributed by atoms with Crippen molar-refractivity contribution >= 4 is 32.3 Å². The summed E-state index contributed by atoms with van der Waals surface area (Å²) in [5, 5.41) is 15.4. The number of fused-ring (bicyclic) bond motifs is 1. The molecule has 38 heavy (non-hydrogen) atoms. The fourth-order valence-electron chi connectivity index (χ4n) is 4.35. The third kappa shape index (κ3) is 7.91. The molecular weight excluding hydrogens is 502 g/mol. The van der Waals surface area contributed by atoms with Crippen LogP contribution in [0.2, 0.25) is 0 Å². The maximum atomic E-state index is 12.8. The predicted octanol–water partition coefficient (Wildman–Crippen LogP) is 4.43. The molecule has 0 amide bonds. The highest BCUT2D eigenvalue weighted by molar-refractivity contribution is 7.90. The van der Waals surface area contributed by atoms with E-state index in [0.717, 1.165) is 48.1 Å². The lowest BCUT2D eigenvalue weighted by Gasteiger charge is -2.26. The van der Waals surface area contributed by atoms with E-state index in [-0.39, 0.29) is 17.8 Å². The van der Waals surface area contributed by atoms with Gasteiger partial charge in [-0.3, -0.25) is 9.99 Å². The quantitative estimate of drug-likeness (QED) is 0.215. The van der Waals surface area contributed by atoms with Crippen molar-refractivity contribution in [1.29, 1.82) is 0 Å². The molecule has 11 heteroatoms. The highest BCUT2D eigenvalue weighted by Crippen LogP contribution is 2.26. The molecule has 10 nitrogen and oxygen atoms in total. The van der Waals surface area contributed by atoms with Gasteiger partial charge in [0.25, 0.3) is 0 Å². The van der Waals surface area contributed by atoms with Crippen LogP contribution in [0.15, 0.2) is 48.0 Å². The molecule has 0 saturated heterocycles. The van der Waals surface area contributed by atoms with Crippen LogP contribution in [-0.4, -0.2) is 71.9 Å². The molecule has 3 aromatic rings. The largest absolute Gasteiger partial charge is 0.495 e.